The minimum Gasteiger partial charge on any atom is -0.454 e. The van der Waals surface area contributed by atoms with Crippen molar-refractivity contribution in [3.63, 3.8) is 0 Å². The van der Waals surface area contributed by atoms with Crippen molar-refractivity contribution in [2.75, 3.05) is 35.6 Å². The molecular formula is C34H32ClF5N8O4. The molecule has 1 aliphatic rings. The normalized spacial score (nSPS) is 13.5. The van der Waals surface area contributed by atoms with E-state index >= 15 is 0 Å². The maximum Gasteiger partial charge on any atom is 0.422 e. The van der Waals surface area contributed by atoms with Crippen molar-refractivity contribution < 1.29 is 41.1 Å². The minimum absolute atomic E-state index is 0.0143. The van der Waals surface area contributed by atoms with E-state index in [0.29, 0.717) is 16.8 Å². The Hall–Kier alpha value is -5.58. The molecule has 0 aliphatic heterocycles. The highest BCUT2D eigenvalue weighted by Crippen LogP contribution is 2.48. The lowest BCUT2D eigenvalue weighted by Crippen LogP contribution is -2.45. The predicted octanol–water partition coefficient (Wildman–Crippen LogP) is 6.10. The van der Waals surface area contributed by atoms with E-state index in [9.17, 15) is 36.3 Å². The van der Waals surface area contributed by atoms with Crippen LogP contribution in [0.4, 0.5) is 45.2 Å². The third-order valence-corrected chi connectivity index (χ3v) is 7.91. The Morgan fingerprint density at radius 2 is 1.42 bits per heavy atom. The summed E-state index contributed by atoms with van der Waals surface area (Å²) in [5.41, 5.74) is 0.0725. The standard InChI is InChI=1S/C34H32ClF5N8O4/c1-32(2,17-42-27(50)28(51)43-25-14-22(36)13-23(37)15-25)16-41-26(49)19-3-9-24(10-4-19)44-29-45-30(47-31(46-29)52-18-34(38,39)40)48-33(11-12-33)20-5-7-21(35)8-6-20/h3-10,13-15H,11-12,16-18H2,1-2H3,(H,41,49)(H,42,50)(H,43,51)(H2,44,45,46,47,48). The zero-order valence-corrected chi connectivity index (χ0v) is 28.4. The van der Waals surface area contributed by atoms with Gasteiger partial charge in [-0.25, -0.2) is 8.78 Å². The number of nitrogens with one attached hydrogen (secondary N) is 5. The Labute approximate surface area is 298 Å². The second kappa shape index (κ2) is 15.3. The van der Waals surface area contributed by atoms with Gasteiger partial charge in [0.25, 0.3) is 5.91 Å². The summed E-state index contributed by atoms with van der Waals surface area (Å²) in [6.45, 7) is 1.90. The number of amides is 3. The third kappa shape index (κ3) is 10.7. The Morgan fingerprint density at radius 3 is 2.04 bits per heavy atom. The fourth-order valence-electron chi connectivity index (χ4n) is 4.80. The summed E-state index contributed by atoms with van der Waals surface area (Å²) in [7, 11) is 0. The average Bonchev–Trinajstić information content (AvgIpc) is 3.85. The summed E-state index contributed by atoms with van der Waals surface area (Å²) in [5, 5.41) is 13.9. The summed E-state index contributed by atoms with van der Waals surface area (Å²) >= 11 is 6.02. The van der Waals surface area contributed by atoms with Crippen molar-refractivity contribution in [2.24, 2.45) is 5.41 Å². The number of anilines is 4. The van der Waals surface area contributed by atoms with E-state index in [0.717, 1.165) is 30.5 Å². The molecule has 12 nitrogen and oxygen atoms in total. The number of halogens is 6. The van der Waals surface area contributed by atoms with E-state index in [-0.39, 0.29) is 36.2 Å². The molecule has 18 heteroatoms. The van der Waals surface area contributed by atoms with Crippen LogP contribution in [0.25, 0.3) is 0 Å². The van der Waals surface area contributed by atoms with Gasteiger partial charge in [0.1, 0.15) is 11.6 Å². The Morgan fingerprint density at radius 1 is 0.808 bits per heavy atom. The number of rotatable bonds is 13. The molecule has 1 heterocycles. The smallest absolute Gasteiger partial charge is 0.422 e. The largest absolute Gasteiger partial charge is 0.454 e. The fraction of sp³-hybridized carbons (Fsp3) is 0.294. The summed E-state index contributed by atoms with van der Waals surface area (Å²) in [6, 6.07) is 15.0. The molecule has 3 aromatic carbocycles. The van der Waals surface area contributed by atoms with Gasteiger partial charge in [-0.2, -0.15) is 28.1 Å². The molecule has 1 fully saturated rings. The monoisotopic (exact) mass is 746 g/mol. The maximum atomic E-state index is 13.4. The molecule has 0 spiro atoms. The SMILES string of the molecule is CC(C)(CNC(=O)C(=O)Nc1cc(F)cc(F)c1)CNC(=O)c1ccc(Nc2nc(NC3(c4ccc(Cl)cc4)CC3)nc(OCC(F)(F)F)n2)cc1. The molecule has 1 saturated carbocycles. The van der Waals surface area contributed by atoms with Gasteiger partial charge in [0.05, 0.1) is 5.54 Å². The Balaban J connectivity index is 1.17. The van der Waals surface area contributed by atoms with Crippen molar-refractivity contribution in [3.05, 3.63) is 94.5 Å². The topological polar surface area (TPSA) is 159 Å². The van der Waals surface area contributed by atoms with Crippen molar-refractivity contribution in [1.82, 2.24) is 25.6 Å². The van der Waals surface area contributed by atoms with Crippen LogP contribution in [-0.4, -0.2) is 58.5 Å². The second-order valence-corrected chi connectivity index (χ2v) is 13.2. The zero-order valence-electron chi connectivity index (χ0n) is 27.6. The molecule has 0 saturated heterocycles. The van der Waals surface area contributed by atoms with Gasteiger partial charge >= 0.3 is 24.0 Å². The number of hydrogen-bond acceptors (Lipinski definition) is 9. The third-order valence-electron chi connectivity index (χ3n) is 7.66. The lowest BCUT2D eigenvalue weighted by Gasteiger charge is -2.25. The van der Waals surface area contributed by atoms with Crippen LogP contribution in [0.5, 0.6) is 6.01 Å². The number of ether oxygens (including phenoxy) is 1. The molecule has 1 aromatic heterocycles. The van der Waals surface area contributed by atoms with Crippen LogP contribution in [0.2, 0.25) is 5.02 Å². The van der Waals surface area contributed by atoms with E-state index in [4.69, 9.17) is 16.3 Å². The van der Waals surface area contributed by atoms with Crippen molar-refractivity contribution in [2.45, 2.75) is 38.4 Å². The molecule has 0 radical (unpaired) electrons. The van der Waals surface area contributed by atoms with Gasteiger partial charge in [-0.1, -0.05) is 37.6 Å². The Kier molecular flexibility index (Phi) is 11.1. The lowest BCUT2D eigenvalue weighted by molar-refractivity contribution is -0.154. The number of benzene rings is 3. The first-order valence-corrected chi connectivity index (χ1v) is 16.1. The molecule has 5 rings (SSSR count). The highest BCUT2D eigenvalue weighted by atomic mass is 35.5. The van der Waals surface area contributed by atoms with E-state index in [1.165, 1.54) is 24.3 Å². The van der Waals surface area contributed by atoms with Crippen LogP contribution in [0.1, 0.15) is 42.6 Å². The fourth-order valence-corrected chi connectivity index (χ4v) is 4.93. The van der Waals surface area contributed by atoms with E-state index in [1.807, 2.05) is 12.1 Å². The summed E-state index contributed by atoms with van der Waals surface area (Å²) in [6.07, 6.45) is -3.19. The molecule has 5 N–H and O–H groups in total. The summed E-state index contributed by atoms with van der Waals surface area (Å²) in [4.78, 5) is 49.6. The van der Waals surface area contributed by atoms with Crippen LogP contribution in [0.3, 0.4) is 0 Å². The molecular weight excluding hydrogens is 715 g/mol. The van der Waals surface area contributed by atoms with Crippen molar-refractivity contribution in [3.8, 4) is 6.01 Å². The van der Waals surface area contributed by atoms with Crippen LogP contribution < -0.4 is 31.3 Å². The zero-order chi connectivity index (χ0) is 37.7. The van der Waals surface area contributed by atoms with Gasteiger partial charge in [0.2, 0.25) is 11.9 Å². The number of nitrogens with zero attached hydrogens (tertiary/aromatic N) is 3. The minimum atomic E-state index is -4.63. The maximum absolute atomic E-state index is 13.4. The number of hydrogen-bond donors (Lipinski definition) is 5. The van der Waals surface area contributed by atoms with E-state index in [1.54, 1.807) is 26.0 Å². The Bertz CT molecular complexity index is 1920. The summed E-state index contributed by atoms with van der Waals surface area (Å²) in [5.74, 6) is -4.60. The van der Waals surface area contributed by atoms with Crippen LogP contribution in [-0.2, 0) is 15.1 Å². The van der Waals surface area contributed by atoms with Crippen LogP contribution in [0, 0.1) is 17.0 Å². The average molecular weight is 747 g/mol. The second-order valence-electron chi connectivity index (χ2n) is 12.7. The quantitative estimate of drug-likeness (QED) is 0.0805. The van der Waals surface area contributed by atoms with Gasteiger partial charge in [0.15, 0.2) is 6.61 Å². The molecule has 0 bridgehead atoms. The molecule has 0 atom stereocenters. The van der Waals surface area contributed by atoms with E-state index < -0.39 is 59.1 Å². The highest BCUT2D eigenvalue weighted by Gasteiger charge is 2.45. The van der Waals surface area contributed by atoms with Gasteiger partial charge in [-0.3, -0.25) is 14.4 Å². The van der Waals surface area contributed by atoms with Crippen LogP contribution >= 0.6 is 11.6 Å². The summed E-state index contributed by atoms with van der Waals surface area (Å²) < 4.78 is 70.3. The molecule has 1 aliphatic carbocycles. The first-order chi connectivity index (χ1) is 24.5. The van der Waals surface area contributed by atoms with Gasteiger partial charge in [0, 0.05) is 41.1 Å². The van der Waals surface area contributed by atoms with Crippen molar-refractivity contribution >= 4 is 52.6 Å². The number of carbonyl (C=O) groups is 3. The molecule has 274 valence electrons. The predicted molar refractivity (Wildman–Crippen MR) is 181 cm³/mol. The first-order valence-electron chi connectivity index (χ1n) is 15.7. The number of alkyl halides is 3. The number of carbonyl (C=O) groups excluding carboxylic acids is 3. The van der Waals surface area contributed by atoms with Gasteiger partial charge in [-0.15, -0.1) is 0 Å². The molecule has 4 aromatic rings. The van der Waals surface area contributed by atoms with Gasteiger partial charge < -0.3 is 31.3 Å². The first kappa shape index (κ1) is 37.7. The molecule has 3 amide bonds. The van der Waals surface area contributed by atoms with Crippen molar-refractivity contribution in [1.29, 1.82) is 0 Å². The number of aromatic nitrogens is 3. The van der Waals surface area contributed by atoms with Gasteiger partial charge in [-0.05, 0) is 72.4 Å². The molecule has 52 heavy (non-hydrogen) atoms. The van der Waals surface area contributed by atoms with E-state index in [2.05, 4.69) is 41.5 Å². The lowest BCUT2D eigenvalue weighted by atomic mass is 9.93. The van der Waals surface area contributed by atoms with Crippen LogP contribution in [0.15, 0.2) is 66.7 Å². The highest BCUT2D eigenvalue weighted by molar-refractivity contribution is 6.39. The molecule has 0 unspecified atom stereocenters.